The van der Waals surface area contributed by atoms with E-state index in [2.05, 4.69) is 94.5 Å². The Labute approximate surface area is 177 Å². The van der Waals surface area contributed by atoms with Crippen LogP contribution >= 0.6 is 0 Å². The van der Waals surface area contributed by atoms with Gasteiger partial charge in [-0.05, 0) is 68.7 Å². The maximum atomic E-state index is 5.69. The first kappa shape index (κ1) is 24.7. The molecule has 1 aromatic carbocycles. The molecule has 2 aliphatic carbocycles. The van der Waals surface area contributed by atoms with Crippen molar-refractivity contribution in [2.75, 3.05) is 0 Å². The predicted molar refractivity (Wildman–Crippen MR) is 125 cm³/mol. The van der Waals surface area contributed by atoms with Crippen LogP contribution in [0.3, 0.4) is 0 Å². The van der Waals surface area contributed by atoms with E-state index in [0.717, 1.165) is 36.7 Å². The van der Waals surface area contributed by atoms with E-state index in [9.17, 15) is 0 Å². The zero-order valence-corrected chi connectivity index (χ0v) is 18.6. The zero-order chi connectivity index (χ0) is 20.2. The molecule has 0 spiro atoms. The van der Waals surface area contributed by atoms with Crippen molar-refractivity contribution < 1.29 is 9.89 Å². The average molecular weight is 395 g/mol. The van der Waals surface area contributed by atoms with Gasteiger partial charge in [0.05, 0.1) is 0 Å². The summed E-state index contributed by atoms with van der Waals surface area (Å²) < 4.78 is 5.69. The van der Waals surface area contributed by atoms with Crippen molar-refractivity contribution in [1.29, 1.82) is 0 Å². The van der Waals surface area contributed by atoms with E-state index in [0.29, 0.717) is 0 Å². The lowest BCUT2D eigenvalue weighted by Gasteiger charge is -2.02. The van der Waals surface area contributed by atoms with Crippen molar-refractivity contribution in [2.24, 2.45) is 5.92 Å². The summed E-state index contributed by atoms with van der Waals surface area (Å²) in [6, 6.07) is 12.6. The Bertz CT molecular complexity index is 761. The van der Waals surface area contributed by atoms with Gasteiger partial charge in [0.1, 0.15) is 11.5 Å². The molecule has 0 saturated heterocycles. The van der Waals surface area contributed by atoms with Crippen molar-refractivity contribution in [3.05, 3.63) is 95.0 Å². The van der Waals surface area contributed by atoms with Gasteiger partial charge in [-0.15, -0.1) is 0 Å². The quantitative estimate of drug-likeness (QED) is 0.509. The first-order valence-electron chi connectivity index (χ1n) is 10.7. The molecule has 2 N–H and O–H groups in total. The van der Waals surface area contributed by atoms with E-state index >= 15 is 0 Å². The molecule has 0 bridgehead atoms. The molecule has 0 fully saturated rings. The number of hydrogen-bond acceptors (Lipinski definition) is 1. The molecule has 158 valence electrons. The zero-order valence-electron chi connectivity index (χ0n) is 18.6. The molecule has 2 nitrogen and oxygen atoms in total. The minimum absolute atomic E-state index is 0. The van der Waals surface area contributed by atoms with Crippen LogP contribution in [0, 0.1) is 19.8 Å². The Kier molecular flexibility index (Phi) is 11.8. The molecule has 1 unspecified atom stereocenters. The molecular weight excluding hydrogens is 356 g/mol. The number of rotatable bonds is 4. The Morgan fingerprint density at radius 3 is 1.93 bits per heavy atom. The molecule has 1 heterocycles. The van der Waals surface area contributed by atoms with Gasteiger partial charge in [-0.25, -0.2) is 0 Å². The van der Waals surface area contributed by atoms with Crippen molar-refractivity contribution in [3.8, 4) is 0 Å². The summed E-state index contributed by atoms with van der Waals surface area (Å²) >= 11 is 0. The first-order valence-corrected chi connectivity index (χ1v) is 10.7. The van der Waals surface area contributed by atoms with E-state index in [4.69, 9.17) is 4.42 Å². The molecular formula is C27H38O2. The van der Waals surface area contributed by atoms with Gasteiger partial charge in [0, 0.05) is 12.8 Å². The predicted octanol–water partition coefficient (Wildman–Crippen LogP) is 7.11. The first-order chi connectivity index (χ1) is 13.6. The van der Waals surface area contributed by atoms with Gasteiger partial charge in [-0.1, -0.05) is 74.1 Å². The summed E-state index contributed by atoms with van der Waals surface area (Å²) in [7, 11) is 0. The Morgan fingerprint density at radius 1 is 0.897 bits per heavy atom. The lowest BCUT2D eigenvalue weighted by molar-refractivity contribution is 0.467. The second-order valence-electron chi connectivity index (χ2n) is 7.81. The summed E-state index contributed by atoms with van der Waals surface area (Å²) in [6.45, 7) is 8.69. The summed E-state index contributed by atoms with van der Waals surface area (Å²) in [5.41, 5.74) is 4.36. The van der Waals surface area contributed by atoms with E-state index in [1.54, 1.807) is 5.57 Å². The topological polar surface area (TPSA) is 44.6 Å². The Morgan fingerprint density at radius 2 is 1.52 bits per heavy atom. The van der Waals surface area contributed by atoms with Crippen LogP contribution in [0.4, 0.5) is 0 Å². The van der Waals surface area contributed by atoms with E-state index in [1.807, 2.05) is 0 Å². The van der Waals surface area contributed by atoms with Crippen LogP contribution in [0.1, 0.15) is 62.2 Å². The van der Waals surface area contributed by atoms with Crippen LogP contribution in [-0.4, -0.2) is 5.48 Å². The third kappa shape index (κ3) is 9.62. The lowest BCUT2D eigenvalue weighted by atomic mass is 10.0. The summed E-state index contributed by atoms with van der Waals surface area (Å²) in [6.07, 6.45) is 17.7. The molecule has 0 aliphatic heterocycles. The SMILES string of the molecule is C1=CCC=C1.CCc1ccc(CCC2=CCC(C)C2)o1.Cc1ccccc1C.O. The lowest BCUT2D eigenvalue weighted by Crippen LogP contribution is -1.88. The van der Waals surface area contributed by atoms with Gasteiger partial charge in [-0.3, -0.25) is 0 Å². The van der Waals surface area contributed by atoms with Crippen molar-refractivity contribution in [3.63, 3.8) is 0 Å². The van der Waals surface area contributed by atoms with Crippen LogP contribution < -0.4 is 0 Å². The van der Waals surface area contributed by atoms with E-state index in [1.165, 1.54) is 30.4 Å². The summed E-state index contributed by atoms with van der Waals surface area (Å²) in [4.78, 5) is 0. The highest BCUT2D eigenvalue weighted by Gasteiger charge is 2.12. The van der Waals surface area contributed by atoms with Crippen molar-refractivity contribution >= 4 is 0 Å². The minimum Gasteiger partial charge on any atom is -0.466 e. The molecule has 2 aliphatic rings. The molecule has 0 saturated carbocycles. The Balaban J connectivity index is 0.000000251. The average Bonchev–Trinajstić information content (AvgIpc) is 3.47. The third-order valence-electron chi connectivity index (χ3n) is 5.26. The van der Waals surface area contributed by atoms with Gasteiger partial charge in [0.2, 0.25) is 0 Å². The molecule has 1 aromatic heterocycles. The number of allylic oxidation sites excluding steroid dienone is 6. The monoisotopic (exact) mass is 394 g/mol. The Hall–Kier alpha value is -2.32. The molecule has 0 amide bonds. The molecule has 1 atom stereocenters. The fraction of sp³-hybridized carbons (Fsp3) is 0.407. The fourth-order valence-electron chi connectivity index (χ4n) is 3.27. The van der Waals surface area contributed by atoms with Crippen LogP contribution in [0.15, 0.2) is 76.8 Å². The molecule has 0 radical (unpaired) electrons. The van der Waals surface area contributed by atoms with Crippen LogP contribution in [0.25, 0.3) is 0 Å². The highest BCUT2D eigenvalue weighted by molar-refractivity contribution is 5.23. The highest BCUT2D eigenvalue weighted by atomic mass is 16.3. The van der Waals surface area contributed by atoms with Gasteiger partial charge in [-0.2, -0.15) is 0 Å². The van der Waals surface area contributed by atoms with Crippen LogP contribution in [0.5, 0.6) is 0 Å². The number of furan rings is 1. The van der Waals surface area contributed by atoms with Crippen LogP contribution in [0.2, 0.25) is 0 Å². The van der Waals surface area contributed by atoms with Gasteiger partial charge in [0.15, 0.2) is 0 Å². The second-order valence-corrected chi connectivity index (χ2v) is 7.81. The minimum atomic E-state index is 0. The maximum absolute atomic E-state index is 5.69. The van der Waals surface area contributed by atoms with Gasteiger partial charge < -0.3 is 9.89 Å². The maximum Gasteiger partial charge on any atom is 0.104 e. The van der Waals surface area contributed by atoms with Crippen molar-refractivity contribution in [2.45, 2.75) is 66.2 Å². The van der Waals surface area contributed by atoms with E-state index in [-0.39, 0.29) is 5.48 Å². The largest absolute Gasteiger partial charge is 0.466 e. The third-order valence-corrected chi connectivity index (χ3v) is 5.26. The van der Waals surface area contributed by atoms with E-state index < -0.39 is 0 Å². The summed E-state index contributed by atoms with van der Waals surface area (Å²) in [5.74, 6) is 3.12. The standard InChI is InChI=1S/C14H20O.C8H10.C5H6.H2O/c1-3-13-8-9-14(15-13)7-6-12-5-4-11(2)10-12;1-7-5-3-4-6-8(7)2;1-2-4-5-3-1;/h5,8-9,11H,3-4,6-7,10H2,1-2H3;3-6H,1-2H3;1-4H,5H2;1H2. The number of hydrogen-bond donors (Lipinski definition) is 0. The molecule has 4 rings (SSSR count). The number of aryl methyl sites for hydroxylation is 4. The molecule has 29 heavy (non-hydrogen) atoms. The van der Waals surface area contributed by atoms with Crippen molar-refractivity contribution in [1.82, 2.24) is 0 Å². The fourth-order valence-corrected chi connectivity index (χ4v) is 3.27. The second kappa shape index (κ2) is 13.8. The molecule has 2 aromatic rings. The van der Waals surface area contributed by atoms with Gasteiger partial charge >= 0.3 is 0 Å². The number of benzene rings is 1. The van der Waals surface area contributed by atoms with Crippen LogP contribution in [-0.2, 0) is 12.8 Å². The normalized spacial score (nSPS) is 16.3. The molecule has 2 heteroatoms. The van der Waals surface area contributed by atoms with Gasteiger partial charge in [0.25, 0.3) is 0 Å². The smallest absolute Gasteiger partial charge is 0.104 e. The summed E-state index contributed by atoms with van der Waals surface area (Å²) in [5, 5.41) is 0. The highest BCUT2D eigenvalue weighted by Crippen LogP contribution is 2.27.